The number of nitrogens with one attached hydrogen (secondary N) is 2. The van der Waals surface area contributed by atoms with E-state index in [1.54, 1.807) is 6.07 Å². The largest absolute Gasteiger partial charge is 0.340 e. The summed E-state index contributed by atoms with van der Waals surface area (Å²) >= 11 is 0. The van der Waals surface area contributed by atoms with Gasteiger partial charge in [0.25, 0.3) is 5.91 Å². The van der Waals surface area contributed by atoms with Crippen LogP contribution in [-0.2, 0) is 9.59 Å². The molecule has 1 aromatic heterocycles. The average molecular weight is 343 g/mol. The molecule has 0 aliphatic carbocycles. The third-order valence-electron chi connectivity index (χ3n) is 4.17. The number of halogens is 1. The number of carbonyl (C=O) groups is 3. The minimum absolute atomic E-state index is 0.0802. The molecule has 1 aliphatic heterocycles. The first-order valence-corrected chi connectivity index (χ1v) is 8.10. The molecule has 1 aliphatic rings. The zero-order valence-electron chi connectivity index (χ0n) is 13.9. The molecule has 25 heavy (non-hydrogen) atoms. The van der Waals surface area contributed by atoms with Gasteiger partial charge in [0.1, 0.15) is 11.9 Å². The van der Waals surface area contributed by atoms with Gasteiger partial charge in [0.15, 0.2) is 0 Å². The molecule has 130 valence electrons. The monoisotopic (exact) mass is 343 g/mol. The van der Waals surface area contributed by atoms with Gasteiger partial charge in [-0.05, 0) is 36.6 Å². The lowest BCUT2D eigenvalue weighted by Crippen LogP contribution is -2.52. The number of pyridine rings is 1. The Hall–Kier alpha value is -2.83. The molecule has 7 heteroatoms. The predicted octanol–water partition coefficient (Wildman–Crippen LogP) is 2.03. The summed E-state index contributed by atoms with van der Waals surface area (Å²) in [5.74, 6) is -1.76. The highest BCUT2D eigenvalue weighted by Crippen LogP contribution is 2.23. The first kappa shape index (κ1) is 17.0. The van der Waals surface area contributed by atoms with Gasteiger partial charge in [-0.15, -0.1) is 0 Å². The minimum Gasteiger partial charge on any atom is -0.340 e. The van der Waals surface area contributed by atoms with Crippen molar-refractivity contribution in [1.82, 2.24) is 15.6 Å². The average Bonchev–Trinajstić information content (AvgIpc) is 2.56. The number of hydrogen-bond acceptors (Lipinski definition) is 4. The van der Waals surface area contributed by atoms with Crippen LogP contribution in [0.15, 0.2) is 24.3 Å². The molecule has 0 saturated carbocycles. The van der Waals surface area contributed by atoms with Gasteiger partial charge >= 0.3 is 0 Å². The molecule has 2 N–H and O–H groups in total. The molecule has 1 unspecified atom stereocenters. The summed E-state index contributed by atoms with van der Waals surface area (Å²) in [5, 5.41) is 5.21. The number of carbonyl (C=O) groups excluding carboxylic acids is 3. The van der Waals surface area contributed by atoms with Crippen molar-refractivity contribution >= 4 is 28.6 Å². The number of aromatic nitrogens is 1. The van der Waals surface area contributed by atoms with Gasteiger partial charge in [-0.25, -0.2) is 4.39 Å². The topological polar surface area (TPSA) is 88.2 Å². The first-order chi connectivity index (χ1) is 11.8. The molecule has 3 rings (SSSR count). The van der Waals surface area contributed by atoms with Crippen molar-refractivity contribution < 1.29 is 18.8 Å². The van der Waals surface area contributed by atoms with E-state index in [0.29, 0.717) is 16.6 Å². The summed E-state index contributed by atoms with van der Waals surface area (Å²) < 4.78 is 13.6. The maximum atomic E-state index is 13.6. The number of imide groups is 1. The number of benzene rings is 1. The van der Waals surface area contributed by atoms with Crippen molar-refractivity contribution in [3.63, 3.8) is 0 Å². The van der Waals surface area contributed by atoms with E-state index in [1.807, 2.05) is 13.8 Å². The Labute approximate surface area is 143 Å². The highest BCUT2D eigenvalue weighted by molar-refractivity contribution is 6.09. The number of amides is 3. The van der Waals surface area contributed by atoms with Gasteiger partial charge in [-0.1, -0.05) is 13.8 Å². The zero-order valence-corrected chi connectivity index (χ0v) is 13.9. The van der Waals surface area contributed by atoms with Gasteiger partial charge < -0.3 is 5.32 Å². The number of piperidine rings is 1. The van der Waals surface area contributed by atoms with Crippen molar-refractivity contribution in [3.8, 4) is 0 Å². The maximum Gasteiger partial charge on any atom is 0.252 e. The lowest BCUT2D eigenvalue weighted by molar-refractivity contribution is -0.134. The van der Waals surface area contributed by atoms with Crippen LogP contribution in [0.5, 0.6) is 0 Å². The molecule has 0 spiro atoms. The third kappa shape index (κ3) is 3.50. The van der Waals surface area contributed by atoms with Crippen LogP contribution in [0.1, 0.15) is 48.7 Å². The van der Waals surface area contributed by atoms with Crippen LogP contribution < -0.4 is 10.6 Å². The van der Waals surface area contributed by atoms with Gasteiger partial charge in [-0.2, -0.15) is 0 Å². The van der Waals surface area contributed by atoms with Crippen molar-refractivity contribution in [3.05, 3.63) is 41.3 Å². The molecule has 0 radical (unpaired) electrons. The Morgan fingerprint density at radius 1 is 1.32 bits per heavy atom. The highest BCUT2D eigenvalue weighted by atomic mass is 19.1. The molecule has 1 fully saturated rings. The van der Waals surface area contributed by atoms with E-state index < -0.39 is 23.7 Å². The Bertz CT molecular complexity index is 879. The van der Waals surface area contributed by atoms with Crippen LogP contribution in [0.3, 0.4) is 0 Å². The summed E-state index contributed by atoms with van der Waals surface area (Å²) in [6.07, 6.45) is 0.407. The van der Waals surface area contributed by atoms with Crippen LogP contribution in [-0.4, -0.2) is 28.7 Å². The second kappa shape index (κ2) is 6.58. The van der Waals surface area contributed by atoms with Crippen molar-refractivity contribution in [1.29, 1.82) is 0 Å². The quantitative estimate of drug-likeness (QED) is 0.835. The van der Waals surface area contributed by atoms with Gasteiger partial charge in [-0.3, -0.25) is 24.7 Å². The Morgan fingerprint density at radius 3 is 2.76 bits per heavy atom. The standard InChI is InChI=1S/C18H18FN3O3/c1-9(2)15-8-12(11-7-10(19)3-4-13(11)20-15)17(24)21-14-5-6-16(23)22-18(14)25/h3-4,7-9,14H,5-6H2,1-2H3,(H,21,24)(H,22,23,25). The normalized spacial score (nSPS) is 17.7. The Balaban J connectivity index is 1.98. The van der Waals surface area contributed by atoms with Crippen molar-refractivity contribution in [2.45, 2.75) is 38.6 Å². The summed E-state index contributed by atoms with van der Waals surface area (Å²) in [4.78, 5) is 40.2. The minimum atomic E-state index is -0.788. The van der Waals surface area contributed by atoms with Crippen molar-refractivity contribution in [2.75, 3.05) is 0 Å². The Kier molecular flexibility index (Phi) is 4.48. The van der Waals surface area contributed by atoms with E-state index in [0.717, 1.165) is 0 Å². The summed E-state index contributed by atoms with van der Waals surface area (Å²) in [6.45, 7) is 3.89. The third-order valence-corrected chi connectivity index (χ3v) is 4.17. The molecule has 6 nitrogen and oxygen atoms in total. The van der Waals surface area contributed by atoms with E-state index >= 15 is 0 Å². The summed E-state index contributed by atoms with van der Waals surface area (Å²) in [5.41, 5.74) is 1.48. The molecule has 1 saturated heterocycles. The molecule has 2 heterocycles. The summed E-state index contributed by atoms with van der Waals surface area (Å²) in [6, 6.07) is 4.91. The van der Waals surface area contributed by atoms with E-state index in [4.69, 9.17) is 0 Å². The Morgan fingerprint density at radius 2 is 2.08 bits per heavy atom. The zero-order chi connectivity index (χ0) is 18.1. The number of fused-ring (bicyclic) bond motifs is 1. The van der Waals surface area contributed by atoms with E-state index in [9.17, 15) is 18.8 Å². The number of rotatable bonds is 3. The number of hydrogen-bond donors (Lipinski definition) is 2. The maximum absolute atomic E-state index is 13.6. The molecular weight excluding hydrogens is 325 g/mol. The predicted molar refractivity (Wildman–Crippen MR) is 89.4 cm³/mol. The fraction of sp³-hybridized carbons (Fsp3) is 0.333. The van der Waals surface area contributed by atoms with Crippen LogP contribution in [0, 0.1) is 5.82 Å². The molecule has 1 atom stereocenters. The van der Waals surface area contributed by atoms with E-state index in [-0.39, 0.29) is 30.2 Å². The molecular formula is C18H18FN3O3. The first-order valence-electron chi connectivity index (χ1n) is 8.10. The van der Waals surface area contributed by atoms with Crippen molar-refractivity contribution in [2.24, 2.45) is 0 Å². The number of nitrogens with zero attached hydrogens (tertiary/aromatic N) is 1. The van der Waals surface area contributed by atoms with E-state index in [1.165, 1.54) is 18.2 Å². The molecule has 1 aromatic carbocycles. The van der Waals surface area contributed by atoms with Crippen LogP contribution in [0.2, 0.25) is 0 Å². The lowest BCUT2D eigenvalue weighted by Gasteiger charge is -2.22. The SMILES string of the molecule is CC(C)c1cc(C(=O)NC2CCC(=O)NC2=O)c2cc(F)ccc2n1. The highest BCUT2D eigenvalue weighted by Gasteiger charge is 2.28. The van der Waals surface area contributed by atoms with Crippen LogP contribution in [0.25, 0.3) is 10.9 Å². The van der Waals surface area contributed by atoms with Gasteiger partial charge in [0.05, 0.1) is 11.1 Å². The second-order valence-electron chi connectivity index (χ2n) is 6.39. The van der Waals surface area contributed by atoms with E-state index in [2.05, 4.69) is 15.6 Å². The second-order valence-corrected chi connectivity index (χ2v) is 6.39. The van der Waals surface area contributed by atoms with Gasteiger partial charge in [0, 0.05) is 17.5 Å². The molecule has 2 aromatic rings. The van der Waals surface area contributed by atoms with Crippen LogP contribution in [0.4, 0.5) is 4.39 Å². The smallest absolute Gasteiger partial charge is 0.252 e. The molecule has 0 bridgehead atoms. The molecule has 3 amide bonds. The summed E-state index contributed by atoms with van der Waals surface area (Å²) in [7, 11) is 0. The van der Waals surface area contributed by atoms with Gasteiger partial charge in [0.2, 0.25) is 11.8 Å². The fourth-order valence-corrected chi connectivity index (χ4v) is 2.77. The van der Waals surface area contributed by atoms with Crippen LogP contribution >= 0.6 is 0 Å². The lowest BCUT2D eigenvalue weighted by atomic mass is 10.0. The fourth-order valence-electron chi connectivity index (χ4n) is 2.77.